The molecule has 2 heterocycles. The summed E-state index contributed by atoms with van der Waals surface area (Å²) < 4.78 is 20.9. The summed E-state index contributed by atoms with van der Waals surface area (Å²) in [5.41, 5.74) is 5.32. The molecule has 0 bridgehead atoms. The van der Waals surface area contributed by atoms with Gasteiger partial charge in [0.25, 0.3) is 0 Å². The van der Waals surface area contributed by atoms with Crippen molar-refractivity contribution in [3.63, 3.8) is 0 Å². The molecule has 186 valence electrons. The Bertz CT molecular complexity index is 634. The lowest BCUT2D eigenvalue weighted by molar-refractivity contribution is -0.355. The van der Waals surface area contributed by atoms with Crippen molar-refractivity contribution in [1.82, 2.24) is 0 Å². The molecule has 0 saturated carbocycles. The van der Waals surface area contributed by atoms with Gasteiger partial charge < -0.3 is 65.5 Å². The van der Waals surface area contributed by atoms with Crippen LogP contribution in [-0.2, 0) is 28.5 Å². The molecule has 0 amide bonds. The molecule has 0 aromatic rings. The van der Waals surface area contributed by atoms with Gasteiger partial charge in [-0.2, -0.15) is 0 Å². The Kier molecular flexibility index (Phi) is 9.68. The predicted molar refractivity (Wildman–Crippen MR) is 97.3 cm³/mol. The van der Waals surface area contributed by atoms with Crippen LogP contribution in [0.1, 0.15) is 12.8 Å². The fourth-order valence-corrected chi connectivity index (χ4v) is 3.29. The summed E-state index contributed by atoms with van der Waals surface area (Å²) in [5.74, 6) is -2.37. The van der Waals surface area contributed by atoms with Crippen molar-refractivity contribution in [1.29, 1.82) is 0 Å². The number of rotatable bonds is 9. The van der Waals surface area contributed by atoms with Crippen LogP contribution in [0.3, 0.4) is 0 Å². The first-order valence-electron chi connectivity index (χ1n) is 9.78. The molecule has 1 unspecified atom stereocenters. The summed E-state index contributed by atoms with van der Waals surface area (Å²) in [5, 5.41) is 77.7. The first-order chi connectivity index (χ1) is 15.0. The third-order valence-corrected chi connectivity index (χ3v) is 5.20. The van der Waals surface area contributed by atoms with Gasteiger partial charge in [0, 0.05) is 6.42 Å². The Morgan fingerprint density at radius 2 is 1.47 bits per heavy atom. The minimum Gasteiger partial charge on any atom is -0.480 e. The number of ether oxygens (including phenoxy) is 4. The van der Waals surface area contributed by atoms with E-state index in [4.69, 9.17) is 29.8 Å². The van der Waals surface area contributed by atoms with E-state index in [-0.39, 0.29) is 6.42 Å². The predicted octanol–water partition coefficient (Wildman–Crippen LogP) is -5.65. The van der Waals surface area contributed by atoms with Crippen LogP contribution in [0.5, 0.6) is 0 Å². The molecule has 10 N–H and O–H groups in total. The van der Waals surface area contributed by atoms with Crippen LogP contribution >= 0.6 is 0 Å². The van der Waals surface area contributed by atoms with Gasteiger partial charge in [0.15, 0.2) is 18.7 Å². The number of carbonyl (C=O) groups excluding carboxylic acids is 1. The van der Waals surface area contributed by atoms with Crippen molar-refractivity contribution >= 4 is 11.9 Å². The number of aliphatic carboxylic acids is 1. The average molecular weight is 471 g/mol. The largest absolute Gasteiger partial charge is 0.480 e. The van der Waals surface area contributed by atoms with Gasteiger partial charge in [-0.3, -0.25) is 9.59 Å². The number of hydrogen-bond acceptors (Lipinski definition) is 14. The van der Waals surface area contributed by atoms with E-state index in [1.165, 1.54) is 0 Å². The van der Waals surface area contributed by atoms with Gasteiger partial charge in [0.05, 0.1) is 13.2 Å². The number of aliphatic hydroxyl groups is 7. The quantitative estimate of drug-likeness (QED) is 0.142. The minimum atomic E-state index is -1.84. The summed E-state index contributed by atoms with van der Waals surface area (Å²) in [6.45, 7) is -1.55. The lowest BCUT2D eigenvalue weighted by Crippen LogP contribution is -2.65. The van der Waals surface area contributed by atoms with Crippen LogP contribution in [-0.4, -0.2) is 133 Å². The lowest BCUT2D eigenvalue weighted by Gasteiger charge is -2.46. The second-order valence-corrected chi connectivity index (χ2v) is 7.47. The van der Waals surface area contributed by atoms with Crippen LogP contribution in [0.2, 0.25) is 0 Å². The van der Waals surface area contributed by atoms with Crippen molar-refractivity contribution in [2.75, 3.05) is 13.2 Å². The molecule has 15 nitrogen and oxygen atoms in total. The molecular weight excluding hydrogens is 442 g/mol. The maximum absolute atomic E-state index is 12.1. The lowest BCUT2D eigenvalue weighted by atomic mass is 9.97. The minimum absolute atomic E-state index is 0.295. The van der Waals surface area contributed by atoms with E-state index in [1.54, 1.807) is 0 Å². The topological polar surface area (TPSA) is 259 Å². The van der Waals surface area contributed by atoms with E-state index in [0.29, 0.717) is 0 Å². The third kappa shape index (κ3) is 6.09. The Labute approximate surface area is 181 Å². The third-order valence-electron chi connectivity index (χ3n) is 5.20. The molecular formula is C17H29NO14. The van der Waals surface area contributed by atoms with E-state index >= 15 is 0 Å². The molecule has 0 aromatic heterocycles. The highest BCUT2D eigenvalue weighted by atomic mass is 16.7. The van der Waals surface area contributed by atoms with Gasteiger partial charge in [0.2, 0.25) is 0 Å². The van der Waals surface area contributed by atoms with Crippen molar-refractivity contribution in [3.8, 4) is 0 Å². The summed E-state index contributed by atoms with van der Waals surface area (Å²) in [4.78, 5) is 22.9. The molecule has 0 radical (unpaired) electrons. The van der Waals surface area contributed by atoms with E-state index < -0.39 is 99.0 Å². The zero-order valence-corrected chi connectivity index (χ0v) is 16.8. The van der Waals surface area contributed by atoms with Crippen molar-refractivity contribution < 1.29 is 69.4 Å². The van der Waals surface area contributed by atoms with Crippen molar-refractivity contribution in [2.45, 2.75) is 80.3 Å². The highest BCUT2D eigenvalue weighted by Gasteiger charge is 2.51. The zero-order valence-electron chi connectivity index (χ0n) is 16.8. The Balaban J connectivity index is 2.17. The maximum atomic E-state index is 12.1. The fraction of sp³-hybridized carbons (Fsp3) is 0.882. The molecule has 15 heteroatoms. The maximum Gasteiger partial charge on any atom is 0.320 e. The first-order valence-corrected chi connectivity index (χ1v) is 9.78. The number of hydrogen-bond donors (Lipinski definition) is 9. The van der Waals surface area contributed by atoms with Crippen LogP contribution in [0, 0.1) is 0 Å². The standard InChI is InChI=1S/C17H29NO14/c18-5(15(26)27)1-2-8(21)31-14-10(23)9(22)6(3-19)30-17(14)32-13-7(4-20)29-16(28)12(25)11(13)24/h5-7,9-14,16-17,19-20,22-25,28H,1-4,18H2,(H,26,27)/t5?,6-,7-,9+,10+,11-,12-,13-,14-,16-,17+/m1/s1. The molecule has 0 spiro atoms. The molecule has 2 rings (SSSR count). The molecule has 2 fully saturated rings. The Morgan fingerprint density at radius 1 is 0.875 bits per heavy atom. The Hall–Kier alpha value is -1.50. The van der Waals surface area contributed by atoms with Crippen molar-refractivity contribution in [2.24, 2.45) is 5.73 Å². The number of esters is 1. The molecule has 32 heavy (non-hydrogen) atoms. The van der Waals surface area contributed by atoms with Gasteiger partial charge in [-0.05, 0) is 6.42 Å². The van der Waals surface area contributed by atoms with Crippen LogP contribution in [0.25, 0.3) is 0 Å². The van der Waals surface area contributed by atoms with Crippen LogP contribution < -0.4 is 5.73 Å². The first kappa shape index (κ1) is 26.7. The second-order valence-electron chi connectivity index (χ2n) is 7.47. The summed E-state index contributed by atoms with van der Waals surface area (Å²) in [7, 11) is 0. The van der Waals surface area contributed by atoms with Gasteiger partial charge in [-0.25, -0.2) is 0 Å². The zero-order chi connectivity index (χ0) is 24.2. The normalized spacial score (nSPS) is 41.1. The van der Waals surface area contributed by atoms with Crippen LogP contribution in [0.15, 0.2) is 0 Å². The van der Waals surface area contributed by atoms with E-state index in [9.17, 15) is 45.3 Å². The highest BCUT2D eigenvalue weighted by Crippen LogP contribution is 2.30. The number of aliphatic hydroxyl groups excluding tert-OH is 7. The number of carboxylic acids is 1. The van der Waals surface area contributed by atoms with Crippen LogP contribution in [0.4, 0.5) is 0 Å². The summed E-state index contributed by atoms with van der Waals surface area (Å²) in [6.07, 6.45) is -17.6. The van der Waals surface area contributed by atoms with Gasteiger partial charge in [-0.1, -0.05) is 0 Å². The molecule has 0 aliphatic carbocycles. The van der Waals surface area contributed by atoms with Crippen molar-refractivity contribution in [3.05, 3.63) is 0 Å². The Morgan fingerprint density at radius 3 is 2.03 bits per heavy atom. The number of carbonyl (C=O) groups is 2. The number of nitrogens with two attached hydrogens (primary N) is 1. The van der Waals surface area contributed by atoms with E-state index in [2.05, 4.69) is 0 Å². The monoisotopic (exact) mass is 471 g/mol. The van der Waals surface area contributed by atoms with Gasteiger partial charge in [0.1, 0.15) is 48.8 Å². The average Bonchev–Trinajstić information content (AvgIpc) is 2.76. The molecule has 2 aliphatic rings. The van der Waals surface area contributed by atoms with E-state index in [1.807, 2.05) is 0 Å². The van der Waals surface area contributed by atoms with Gasteiger partial charge in [-0.15, -0.1) is 0 Å². The molecule has 2 saturated heterocycles. The second kappa shape index (κ2) is 11.6. The molecule has 11 atom stereocenters. The summed E-state index contributed by atoms with van der Waals surface area (Å²) >= 11 is 0. The van der Waals surface area contributed by atoms with Gasteiger partial charge >= 0.3 is 11.9 Å². The molecule has 2 aliphatic heterocycles. The fourth-order valence-electron chi connectivity index (χ4n) is 3.29. The molecule has 0 aromatic carbocycles. The van der Waals surface area contributed by atoms with E-state index in [0.717, 1.165) is 0 Å². The summed E-state index contributed by atoms with van der Waals surface area (Å²) in [6, 6.07) is -1.35. The SMILES string of the molecule is NC(CCC(=O)O[C@H]1[C@H](O[C@H]2[C@H](O)[C@@H](O)[C@H](O)O[C@@H]2CO)O[C@H](CO)[C@H](O)[C@@H]1O)C(=O)O. The highest BCUT2D eigenvalue weighted by molar-refractivity contribution is 5.75. The number of carboxylic acid groups (broad SMARTS) is 1. The smallest absolute Gasteiger partial charge is 0.320 e.